The minimum atomic E-state index is -3.67. The maximum atomic E-state index is 13.3. The highest BCUT2D eigenvalue weighted by atomic mass is 32.2. The van der Waals surface area contributed by atoms with Gasteiger partial charge in [0.15, 0.2) is 0 Å². The van der Waals surface area contributed by atoms with E-state index in [9.17, 15) is 13.2 Å². The molecule has 1 aromatic carbocycles. The Balaban J connectivity index is 1.52. The van der Waals surface area contributed by atoms with Crippen LogP contribution < -0.4 is 0 Å². The fourth-order valence-electron chi connectivity index (χ4n) is 4.15. The number of sulfonamides is 1. The van der Waals surface area contributed by atoms with Crippen LogP contribution in [0.15, 0.2) is 40.7 Å². The monoisotopic (exact) mass is 419 g/mol. The minimum Gasteiger partial charge on any atom is -0.341 e. The molecule has 2 aliphatic rings. The first-order chi connectivity index (χ1) is 13.5. The molecule has 1 unspecified atom stereocenters. The van der Waals surface area contributed by atoms with Crippen LogP contribution in [-0.4, -0.2) is 54.2 Å². The lowest BCUT2D eigenvalue weighted by atomic mass is 9.98. The average Bonchev–Trinajstić information content (AvgIpc) is 3.40. The lowest BCUT2D eigenvalue weighted by Crippen LogP contribution is -2.50. The predicted molar refractivity (Wildman–Crippen MR) is 109 cm³/mol. The van der Waals surface area contributed by atoms with Gasteiger partial charge in [0, 0.05) is 37.1 Å². The van der Waals surface area contributed by atoms with Crippen molar-refractivity contribution in [2.24, 2.45) is 0 Å². The van der Waals surface area contributed by atoms with Crippen LogP contribution >= 0.6 is 11.3 Å². The van der Waals surface area contributed by atoms with E-state index in [1.807, 2.05) is 17.2 Å². The molecule has 3 heterocycles. The number of rotatable bonds is 4. The maximum absolute atomic E-state index is 13.3. The summed E-state index contributed by atoms with van der Waals surface area (Å²) in [6.45, 7) is 3.64. The Kier molecular flexibility index (Phi) is 5.53. The quantitative estimate of drug-likeness (QED) is 0.764. The van der Waals surface area contributed by atoms with Crippen LogP contribution in [0.4, 0.5) is 0 Å². The fraction of sp³-hybridized carbons (Fsp3) is 0.500. The van der Waals surface area contributed by atoms with E-state index in [4.69, 9.17) is 0 Å². The Bertz CT molecular complexity index is 926. The smallest absolute Gasteiger partial charge is 0.243 e. The van der Waals surface area contributed by atoms with Crippen molar-refractivity contribution in [2.75, 3.05) is 19.6 Å². The molecule has 1 aromatic heterocycles. The molecule has 1 amide bonds. The molecule has 2 aliphatic heterocycles. The van der Waals surface area contributed by atoms with Crippen LogP contribution in [0.2, 0.25) is 0 Å². The summed E-state index contributed by atoms with van der Waals surface area (Å²) in [5, 5.41) is 3.02. The van der Waals surface area contributed by atoms with E-state index >= 15 is 0 Å². The van der Waals surface area contributed by atoms with Crippen molar-refractivity contribution in [3.05, 3.63) is 46.4 Å². The third-order valence-corrected chi connectivity index (χ3v) is 8.51. The Morgan fingerprint density at radius 1 is 1.14 bits per heavy atom. The van der Waals surface area contributed by atoms with Gasteiger partial charge in [-0.05, 0) is 44.7 Å². The van der Waals surface area contributed by atoms with Crippen LogP contribution in [0.25, 0.3) is 0 Å². The van der Waals surface area contributed by atoms with E-state index < -0.39 is 16.1 Å². The number of aryl methyl sites for hydroxylation is 1. The summed E-state index contributed by atoms with van der Waals surface area (Å²) in [5.41, 5.74) is 1.01. The Morgan fingerprint density at radius 2 is 1.89 bits per heavy atom. The van der Waals surface area contributed by atoms with Crippen molar-refractivity contribution in [3.8, 4) is 0 Å². The van der Waals surface area contributed by atoms with Crippen molar-refractivity contribution in [1.82, 2.24) is 14.2 Å². The number of benzene rings is 1. The Labute approximate surface area is 170 Å². The number of amides is 1. The van der Waals surface area contributed by atoms with Gasteiger partial charge in [0.2, 0.25) is 15.9 Å². The normalized spacial score (nSPS) is 23.8. The van der Waals surface area contributed by atoms with Gasteiger partial charge in [-0.1, -0.05) is 17.7 Å². The van der Waals surface area contributed by atoms with E-state index in [2.05, 4.69) is 4.98 Å². The molecular formula is C20H25N3O3S2. The number of piperidine rings is 1. The summed E-state index contributed by atoms with van der Waals surface area (Å²) in [6.07, 6.45) is 5.04. The first-order valence-corrected chi connectivity index (χ1v) is 12.1. The molecule has 0 N–H and O–H groups in total. The molecular weight excluding hydrogens is 394 g/mol. The number of aromatic nitrogens is 1. The molecule has 150 valence electrons. The molecule has 2 aromatic rings. The van der Waals surface area contributed by atoms with Crippen LogP contribution in [-0.2, 0) is 14.8 Å². The van der Waals surface area contributed by atoms with Gasteiger partial charge in [-0.2, -0.15) is 4.31 Å². The number of carbonyl (C=O) groups excluding carboxylic acids is 1. The fourth-order valence-corrected chi connectivity index (χ4v) is 6.56. The highest BCUT2D eigenvalue weighted by Crippen LogP contribution is 2.32. The third-order valence-electron chi connectivity index (χ3n) is 5.65. The van der Waals surface area contributed by atoms with Gasteiger partial charge >= 0.3 is 0 Å². The SMILES string of the molecule is Cc1ccc(S(=O)(=O)N2CCC[C@H]2C(=O)N2CCCC(c3nccs3)C2)cc1. The van der Waals surface area contributed by atoms with E-state index in [1.54, 1.807) is 41.8 Å². The van der Waals surface area contributed by atoms with Gasteiger partial charge in [0.25, 0.3) is 0 Å². The molecule has 0 radical (unpaired) electrons. The first kappa shape index (κ1) is 19.5. The summed E-state index contributed by atoms with van der Waals surface area (Å²) in [6, 6.07) is 6.25. The van der Waals surface area contributed by atoms with E-state index in [-0.39, 0.29) is 16.7 Å². The van der Waals surface area contributed by atoms with Crippen LogP contribution in [0.1, 0.15) is 42.2 Å². The van der Waals surface area contributed by atoms with Crippen LogP contribution in [0, 0.1) is 6.92 Å². The number of carbonyl (C=O) groups is 1. The zero-order valence-electron chi connectivity index (χ0n) is 16.0. The highest BCUT2D eigenvalue weighted by molar-refractivity contribution is 7.89. The molecule has 0 aliphatic carbocycles. The molecule has 0 bridgehead atoms. The van der Waals surface area contributed by atoms with Crippen LogP contribution in [0.3, 0.4) is 0 Å². The minimum absolute atomic E-state index is 0.0607. The lowest BCUT2D eigenvalue weighted by molar-refractivity contribution is -0.135. The lowest BCUT2D eigenvalue weighted by Gasteiger charge is -2.35. The highest BCUT2D eigenvalue weighted by Gasteiger charge is 2.42. The second-order valence-electron chi connectivity index (χ2n) is 7.58. The molecule has 28 heavy (non-hydrogen) atoms. The van der Waals surface area contributed by atoms with Crippen molar-refractivity contribution >= 4 is 27.3 Å². The van der Waals surface area contributed by atoms with Crippen LogP contribution in [0.5, 0.6) is 0 Å². The third kappa shape index (κ3) is 3.73. The number of hydrogen-bond acceptors (Lipinski definition) is 5. The van der Waals surface area contributed by atoms with Gasteiger partial charge in [-0.15, -0.1) is 11.3 Å². The molecule has 2 saturated heterocycles. The van der Waals surface area contributed by atoms with Gasteiger partial charge < -0.3 is 4.90 Å². The van der Waals surface area contributed by atoms with Crippen molar-refractivity contribution < 1.29 is 13.2 Å². The van der Waals surface area contributed by atoms with E-state index in [1.165, 1.54) is 4.31 Å². The largest absolute Gasteiger partial charge is 0.341 e. The maximum Gasteiger partial charge on any atom is 0.243 e. The standard InChI is InChI=1S/C20H25N3O3S2/c1-15-6-8-17(9-7-15)28(25,26)23-12-3-5-18(23)20(24)22-11-2-4-16(14-22)19-21-10-13-27-19/h6-10,13,16,18H,2-5,11-12,14H2,1H3/t16?,18-/m0/s1. The second-order valence-corrected chi connectivity index (χ2v) is 10.4. The number of nitrogens with zero attached hydrogens (tertiary/aromatic N) is 3. The number of thiazole rings is 1. The van der Waals surface area contributed by atoms with Gasteiger partial charge in [0.1, 0.15) is 6.04 Å². The summed E-state index contributed by atoms with van der Waals surface area (Å²) in [7, 11) is -3.67. The summed E-state index contributed by atoms with van der Waals surface area (Å²) in [5.74, 6) is 0.190. The van der Waals surface area contributed by atoms with Crippen molar-refractivity contribution in [3.63, 3.8) is 0 Å². The number of likely N-dealkylation sites (tertiary alicyclic amines) is 1. The molecule has 2 fully saturated rings. The number of hydrogen-bond donors (Lipinski definition) is 0. The zero-order valence-corrected chi connectivity index (χ0v) is 17.6. The Hall–Kier alpha value is -1.77. The van der Waals surface area contributed by atoms with Gasteiger partial charge in [-0.25, -0.2) is 13.4 Å². The molecule has 0 saturated carbocycles. The van der Waals surface area contributed by atoms with Crippen molar-refractivity contribution in [2.45, 2.75) is 49.5 Å². The molecule has 6 nitrogen and oxygen atoms in total. The molecule has 0 spiro atoms. The van der Waals surface area contributed by atoms with Crippen molar-refractivity contribution in [1.29, 1.82) is 0 Å². The topological polar surface area (TPSA) is 70.6 Å². The summed E-state index contributed by atoms with van der Waals surface area (Å²) in [4.78, 5) is 19.8. The Morgan fingerprint density at radius 3 is 2.61 bits per heavy atom. The zero-order chi connectivity index (χ0) is 19.7. The molecule has 2 atom stereocenters. The molecule has 8 heteroatoms. The summed E-state index contributed by atoms with van der Waals surface area (Å²) >= 11 is 1.62. The second kappa shape index (κ2) is 7.93. The first-order valence-electron chi connectivity index (χ1n) is 9.73. The van der Waals surface area contributed by atoms with Gasteiger partial charge in [-0.3, -0.25) is 4.79 Å². The van der Waals surface area contributed by atoms with E-state index in [0.29, 0.717) is 32.5 Å². The predicted octanol–water partition coefficient (Wildman–Crippen LogP) is 3.01. The molecule has 4 rings (SSSR count). The van der Waals surface area contributed by atoms with E-state index in [0.717, 1.165) is 23.4 Å². The average molecular weight is 420 g/mol. The van der Waals surface area contributed by atoms with Gasteiger partial charge in [0.05, 0.1) is 9.90 Å². The summed E-state index contributed by atoms with van der Waals surface area (Å²) < 4.78 is 27.7.